The molecule has 3 nitrogen and oxygen atoms in total. The predicted molar refractivity (Wildman–Crippen MR) is 58.7 cm³/mol. The Kier molecular flexibility index (Phi) is 2.36. The van der Waals surface area contributed by atoms with Gasteiger partial charge in [0.2, 0.25) is 0 Å². The van der Waals surface area contributed by atoms with Gasteiger partial charge in [-0.15, -0.1) is 10.2 Å². The molecule has 1 heterocycles. The van der Waals surface area contributed by atoms with E-state index in [2.05, 4.69) is 10.2 Å². The first-order valence-corrected chi connectivity index (χ1v) is 5.59. The summed E-state index contributed by atoms with van der Waals surface area (Å²) in [5, 5.41) is 7.35. The van der Waals surface area contributed by atoms with Gasteiger partial charge in [-0.05, 0) is 25.0 Å². The summed E-state index contributed by atoms with van der Waals surface area (Å²) in [6, 6.07) is 2.32. The van der Waals surface area contributed by atoms with Crippen LogP contribution in [0.5, 0.6) is 0 Å². The highest BCUT2D eigenvalue weighted by Crippen LogP contribution is 2.38. The molecule has 1 aromatic carbocycles. The monoisotopic (exact) mass is 255 g/mol. The molecule has 6 heteroatoms. The summed E-state index contributed by atoms with van der Waals surface area (Å²) in [4.78, 5) is 0. The van der Waals surface area contributed by atoms with Crippen LogP contribution in [0.2, 0.25) is 5.02 Å². The van der Waals surface area contributed by atoms with Crippen LogP contribution in [0.25, 0.3) is 11.4 Å². The third-order valence-corrected chi connectivity index (χ3v) is 3.05. The molecule has 0 saturated heterocycles. The fourth-order valence-electron chi connectivity index (χ4n) is 1.75. The van der Waals surface area contributed by atoms with Crippen molar-refractivity contribution in [3.8, 4) is 11.4 Å². The molecule has 0 amide bonds. The highest BCUT2D eigenvalue weighted by atomic mass is 35.5. The van der Waals surface area contributed by atoms with E-state index in [1.54, 1.807) is 10.9 Å². The van der Waals surface area contributed by atoms with E-state index in [9.17, 15) is 8.78 Å². The van der Waals surface area contributed by atoms with Crippen LogP contribution in [-0.4, -0.2) is 14.8 Å². The number of halogens is 3. The van der Waals surface area contributed by atoms with Crippen LogP contribution < -0.4 is 0 Å². The Hall–Kier alpha value is -1.49. The van der Waals surface area contributed by atoms with E-state index in [1.807, 2.05) is 0 Å². The largest absolute Gasteiger partial charge is 0.310 e. The minimum absolute atomic E-state index is 0.0938. The fourth-order valence-corrected chi connectivity index (χ4v) is 1.90. The molecule has 1 saturated carbocycles. The number of nitrogens with zero attached hydrogens (tertiary/aromatic N) is 3. The van der Waals surface area contributed by atoms with Crippen molar-refractivity contribution in [3.63, 3.8) is 0 Å². The first-order chi connectivity index (χ1) is 8.16. The topological polar surface area (TPSA) is 30.7 Å². The lowest BCUT2D eigenvalue weighted by molar-refractivity contribution is 0.600. The summed E-state index contributed by atoms with van der Waals surface area (Å²) in [6.45, 7) is 0. The van der Waals surface area contributed by atoms with Crippen molar-refractivity contribution in [2.24, 2.45) is 0 Å². The molecule has 3 rings (SSSR count). The Morgan fingerprint density at radius 1 is 1.24 bits per heavy atom. The van der Waals surface area contributed by atoms with Gasteiger partial charge in [0.25, 0.3) is 0 Å². The molecule has 1 fully saturated rings. The number of rotatable bonds is 2. The van der Waals surface area contributed by atoms with Gasteiger partial charge < -0.3 is 4.57 Å². The van der Waals surface area contributed by atoms with Gasteiger partial charge in [-0.1, -0.05) is 11.6 Å². The Morgan fingerprint density at radius 2 is 2.00 bits per heavy atom. The number of benzene rings is 1. The summed E-state index contributed by atoms with van der Waals surface area (Å²) in [6.07, 6.45) is 3.57. The van der Waals surface area contributed by atoms with Crippen LogP contribution in [0.15, 0.2) is 18.5 Å². The second-order valence-corrected chi connectivity index (χ2v) is 4.45. The van der Waals surface area contributed by atoms with Gasteiger partial charge in [-0.3, -0.25) is 0 Å². The summed E-state index contributed by atoms with van der Waals surface area (Å²) >= 11 is 5.50. The first kappa shape index (κ1) is 10.7. The molecule has 0 aliphatic heterocycles. The minimum Gasteiger partial charge on any atom is -0.310 e. The molecule has 0 N–H and O–H groups in total. The minimum atomic E-state index is -0.659. The number of aromatic nitrogens is 3. The van der Waals surface area contributed by atoms with Crippen LogP contribution in [0.1, 0.15) is 18.9 Å². The lowest BCUT2D eigenvalue weighted by Crippen LogP contribution is -1.98. The fraction of sp³-hybridized carbons (Fsp3) is 0.273. The van der Waals surface area contributed by atoms with Gasteiger partial charge in [0, 0.05) is 6.04 Å². The summed E-state index contributed by atoms with van der Waals surface area (Å²) in [7, 11) is 0. The first-order valence-electron chi connectivity index (χ1n) is 5.21. The normalized spacial score (nSPS) is 15.2. The predicted octanol–water partition coefficient (Wildman–Crippen LogP) is 3.21. The summed E-state index contributed by atoms with van der Waals surface area (Å²) in [5.74, 6) is -0.903. The Labute approximate surface area is 101 Å². The molecule has 0 unspecified atom stereocenters. The van der Waals surface area contributed by atoms with Crippen LogP contribution in [0.3, 0.4) is 0 Å². The van der Waals surface area contributed by atoms with Crippen LogP contribution in [0.4, 0.5) is 8.78 Å². The highest BCUT2D eigenvalue weighted by Gasteiger charge is 2.27. The third kappa shape index (κ3) is 1.80. The maximum atomic E-state index is 13.7. The van der Waals surface area contributed by atoms with E-state index < -0.39 is 11.6 Å². The lowest BCUT2D eigenvalue weighted by Gasteiger charge is -2.06. The van der Waals surface area contributed by atoms with Gasteiger partial charge in [0.05, 0.1) is 10.6 Å². The quantitative estimate of drug-likeness (QED) is 0.772. The van der Waals surface area contributed by atoms with Crippen LogP contribution in [0, 0.1) is 11.6 Å². The van der Waals surface area contributed by atoms with Gasteiger partial charge >= 0.3 is 0 Å². The van der Waals surface area contributed by atoms with Crippen molar-refractivity contribution < 1.29 is 8.78 Å². The average molecular weight is 256 g/mol. The Morgan fingerprint density at radius 3 is 2.71 bits per heavy atom. The zero-order valence-electron chi connectivity index (χ0n) is 8.70. The molecule has 1 aliphatic rings. The lowest BCUT2D eigenvalue weighted by atomic mass is 10.2. The summed E-state index contributed by atoms with van der Waals surface area (Å²) < 4.78 is 28.8. The maximum absolute atomic E-state index is 13.7. The van der Waals surface area contributed by atoms with E-state index in [-0.39, 0.29) is 10.6 Å². The van der Waals surface area contributed by atoms with Gasteiger partial charge in [0.1, 0.15) is 18.0 Å². The van der Waals surface area contributed by atoms with Crippen molar-refractivity contribution in [1.29, 1.82) is 0 Å². The average Bonchev–Trinajstić information content (AvgIpc) is 3.02. The van der Waals surface area contributed by atoms with Gasteiger partial charge in [0.15, 0.2) is 5.82 Å². The standard InChI is InChI=1S/C11H8ClF2N3/c12-8-4-9(13)7(3-10(8)14)11-16-15-5-17(11)6-1-2-6/h3-6H,1-2H2. The molecular formula is C11H8ClF2N3. The van der Waals surface area contributed by atoms with Crippen LogP contribution in [-0.2, 0) is 0 Å². The van der Waals surface area contributed by atoms with E-state index >= 15 is 0 Å². The molecule has 0 radical (unpaired) electrons. The van der Waals surface area contributed by atoms with Crippen molar-refractivity contribution >= 4 is 11.6 Å². The molecule has 88 valence electrons. The second-order valence-electron chi connectivity index (χ2n) is 4.04. The van der Waals surface area contributed by atoms with E-state index in [0.29, 0.717) is 11.9 Å². The number of hydrogen-bond donors (Lipinski definition) is 0. The zero-order chi connectivity index (χ0) is 12.0. The molecule has 0 bridgehead atoms. The molecule has 0 spiro atoms. The maximum Gasteiger partial charge on any atom is 0.167 e. The van der Waals surface area contributed by atoms with Gasteiger partial charge in [-0.2, -0.15) is 0 Å². The Balaban J connectivity index is 2.14. The van der Waals surface area contributed by atoms with Crippen molar-refractivity contribution in [2.45, 2.75) is 18.9 Å². The second kappa shape index (κ2) is 3.77. The highest BCUT2D eigenvalue weighted by molar-refractivity contribution is 6.30. The SMILES string of the molecule is Fc1cc(-c2nncn2C2CC2)c(F)cc1Cl. The van der Waals surface area contributed by atoms with E-state index in [0.717, 1.165) is 25.0 Å². The van der Waals surface area contributed by atoms with Crippen molar-refractivity contribution in [3.05, 3.63) is 35.1 Å². The zero-order valence-corrected chi connectivity index (χ0v) is 9.46. The third-order valence-electron chi connectivity index (χ3n) is 2.76. The summed E-state index contributed by atoms with van der Waals surface area (Å²) in [5.41, 5.74) is 0.0938. The molecule has 0 atom stereocenters. The smallest absolute Gasteiger partial charge is 0.167 e. The number of hydrogen-bond acceptors (Lipinski definition) is 2. The Bertz CT molecular complexity index is 578. The molecule has 17 heavy (non-hydrogen) atoms. The molecule has 1 aromatic heterocycles. The van der Waals surface area contributed by atoms with Crippen molar-refractivity contribution in [2.75, 3.05) is 0 Å². The van der Waals surface area contributed by atoms with Crippen molar-refractivity contribution in [1.82, 2.24) is 14.8 Å². The van der Waals surface area contributed by atoms with Gasteiger partial charge in [-0.25, -0.2) is 8.78 Å². The van der Waals surface area contributed by atoms with Crippen LogP contribution >= 0.6 is 11.6 Å². The van der Waals surface area contributed by atoms with E-state index in [4.69, 9.17) is 11.6 Å². The van der Waals surface area contributed by atoms with E-state index in [1.165, 1.54) is 0 Å². The molecular weight excluding hydrogens is 248 g/mol. The molecule has 1 aliphatic carbocycles. The molecule has 2 aromatic rings.